The topological polar surface area (TPSA) is 163 Å². The third-order valence-electron chi connectivity index (χ3n) is 11.4. The zero-order valence-corrected chi connectivity index (χ0v) is 35.8. The lowest BCUT2D eigenvalue weighted by molar-refractivity contribution is -0.244. The molecule has 328 valence electrons. The smallest absolute Gasteiger partial charge is 0.417 e. The highest BCUT2D eigenvalue weighted by molar-refractivity contribution is 5.93. The monoisotopic (exact) mass is 804 g/mol. The molecule has 57 heavy (non-hydrogen) atoms. The standard InChI is InChI=1S/C46H81N3O8/c1-3-5-7-9-11-13-14-15-16-17-18-19-21-23-25-30-34-48(40(51)33-29-24-22-20-12-10-8-6-4-2)45-42(44(54)43(53)39(36-50)57-45)49(41(52)35-47)46(55)56-37-38-31-27-26-28-32-38/h26-28,31-32,39,42-45,50,53-54H,3-25,29-30,33-37,47H2,1-2H3/t39-,42-,43-,44-,45-/m1/s1. The summed E-state index contributed by atoms with van der Waals surface area (Å²) in [4.78, 5) is 43.3. The van der Waals surface area contributed by atoms with E-state index in [2.05, 4.69) is 13.8 Å². The molecule has 1 aromatic carbocycles. The van der Waals surface area contributed by atoms with Crippen molar-refractivity contribution in [3.05, 3.63) is 35.9 Å². The minimum absolute atomic E-state index is 0.148. The van der Waals surface area contributed by atoms with Crippen molar-refractivity contribution in [1.82, 2.24) is 9.80 Å². The number of unbranched alkanes of at least 4 members (excludes halogenated alkanes) is 23. The second kappa shape index (κ2) is 32.3. The van der Waals surface area contributed by atoms with Crippen molar-refractivity contribution < 1.29 is 39.2 Å². The van der Waals surface area contributed by atoms with Crippen LogP contribution in [0.4, 0.5) is 4.79 Å². The Hall–Kier alpha value is -2.57. The molecule has 1 saturated heterocycles. The Labute approximate surface area is 345 Å². The van der Waals surface area contributed by atoms with Gasteiger partial charge < -0.3 is 35.4 Å². The van der Waals surface area contributed by atoms with Crippen molar-refractivity contribution in [3.63, 3.8) is 0 Å². The fourth-order valence-electron chi connectivity index (χ4n) is 7.85. The summed E-state index contributed by atoms with van der Waals surface area (Å²) in [5.74, 6) is -1.08. The molecule has 3 amide bonds. The molecule has 0 aliphatic carbocycles. The molecular weight excluding hydrogens is 723 g/mol. The number of hydrogen-bond donors (Lipinski definition) is 4. The molecule has 1 heterocycles. The predicted octanol–water partition coefficient (Wildman–Crippen LogP) is 8.93. The second-order valence-corrected chi connectivity index (χ2v) is 16.2. The second-order valence-electron chi connectivity index (χ2n) is 16.2. The first-order chi connectivity index (χ1) is 27.8. The van der Waals surface area contributed by atoms with Gasteiger partial charge in [-0.3, -0.25) is 9.59 Å². The van der Waals surface area contributed by atoms with E-state index in [0.717, 1.165) is 38.5 Å². The number of amides is 3. The maximum Gasteiger partial charge on any atom is 0.417 e. The van der Waals surface area contributed by atoms with Crippen molar-refractivity contribution in [2.75, 3.05) is 19.7 Å². The van der Waals surface area contributed by atoms with E-state index >= 15 is 0 Å². The molecule has 1 aromatic rings. The van der Waals surface area contributed by atoms with Crippen LogP contribution in [0.3, 0.4) is 0 Å². The number of nitrogens with two attached hydrogens (primary N) is 1. The van der Waals surface area contributed by atoms with Gasteiger partial charge in [-0.2, -0.15) is 0 Å². The summed E-state index contributed by atoms with van der Waals surface area (Å²) in [6.07, 6.45) is 22.4. The van der Waals surface area contributed by atoms with Crippen molar-refractivity contribution in [1.29, 1.82) is 0 Å². The number of nitrogens with zero attached hydrogens (tertiary/aromatic N) is 2. The van der Waals surface area contributed by atoms with E-state index < -0.39 is 55.7 Å². The molecule has 1 fully saturated rings. The van der Waals surface area contributed by atoms with Crippen LogP contribution >= 0.6 is 0 Å². The lowest BCUT2D eigenvalue weighted by Gasteiger charge is -2.49. The van der Waals surface area contributed by atoms with Gasteiger partial charge in [-0.1, -0.05) is 192 Å². The van der Waals surface area contributed by atoms with Gasteiger partial charge in [0.1, 0.15) is 31.0 Å². The lowest BCUT2D eigenvalue weighted by Crippen LogP contribution is -2.70. The molecule has 0 bridgehead atoms. The number of carbonyl (C=O) groups excluding carboxylic acids is 3. The molecule has 0 radical (unpaired) electrons. The number of hydrogen-bond acceptors (Lipinski definition) is 9. The summed E-state index contributed by atoms with van der Waals surface area (Å²) in [5.41, 5.74) is 6.46. The van der Waals surface area contributed by atoms with Gasteiger partial charge in [-0.05, 0) is 18.4 Å². The summed E-state index contributed by atoms with van der Waals surface area (Å²) in [5, 5.41) is 32.7. The number of rotatable bonds is 33. The first kappa shape index (κ1) is 50.6. The zero-order valence-electron chi connectivity index (χ0n) is 35.8. The highest BCUT2D eigenvalue weighted by Crippen LogP contribution is 2.30. The van der Waals surface area contributed by atoms with Crippen LogP contribution in [0.25, 0.3) is 0 Å². The number of carbonyl (C=O) groups is 3. The van der Waals surface area contributed by atoms with Crippen molar-refractivity contribution in [3.8, 4) is 0 Å². The van der Waals surface area contributed by atoms with E-state index in [-0.39, 0.29) is 25.5 Å². The van der Waals surface area contributed by atoms with Gasteiger partial charge in [-0.15, -0.1) is 0 Å². The third-order valence-corrected chi connectivity index (χ3v) is 11.4. The maximum atomic E-state index is 14.1. The van der Waals surface area contributed by atoms with Gasteiger partial charge in [-0.25, -0.2) is 9.69 Å². The highest BCUT2D eigenvalue weighted by Gasteiger charge is 2.53. The van der Waals surface area contributed by atoms with E-state index in [1.165, 1.54) is 114 Å². The van der Waals surface area contributed by atoms with E-state index in [1.807, 2.05) is 6.07 Å². The van der Waals surface area contributed by atoms with Gasteiger partial charge in [0.15, 0.2) is 6.23 Å². The van der Waals surface area contributed by atoms with Crippen LogP contribution in [0.2, 0.25) is 0 Å². The first-order valence-electron chi connectivity index (χ1n) is 22.9. The number of aliphatic hydroxyl groups excluding tert-OH is 3. The molecule has 0 spiro atoms. The summed E-state index contributed by atoms with van der Waals surface area (Å²) in [7, 11) is 0. The number of benzene rings is 1. The van der Waals surface area contributed by atoms with Crippen molar-refractivity contribution in [2.45, 2.75) is 218 Å². The molecule has 0 saturated carbocycles. The van der Waals surface area contributed by atoms with Crippen LogP contribution in [0.15, 0.2) is 30.3 Å². The van der Waals surface area contributed by atoms with Gasteiger partial charge >= 0.3 is 6.09 Å². The van der Waals surface area contributed by atoms with Gasteiger partial charge in [0.05, 0.1) is 13.2 Å². The quantitative estimate of drug-likeness (QED) is 0.0508. The lowest BCUT2D eigenvalue weighted by atomic mass is 9.93. The van der Waals surface area contributed by atoms with Crippen LogP contribution < -0.4 is 5.73 Å². The van der Waals surface area contributed by atoms with E-state index in [4.69, 9.17) is 15.2 Å². The summed E-state index contributed by atoms with van der Waals surface area (Å²) >= 11 is 0. The largest absolute Gasteiger partial charge is 0.444 e. The number of aliphatic hydroxyl groups is 3. The molecule has 0 unspecified atom stereocenters. The molecule has 2 rings (SSSR count). The predicted molar refractivity (Wildman–Crippen MR) is 227 cm³/mol. The molecule has 1 aliphatic rings. The Bertz CT molecular complexity index is 1170. The Morgan fingerprint density at radius 1 is 0.649 bits per heavy atom. The van der Waals surface area contributed by atoms with E-state index in [0.29, 0.717) is 23.3 Å². The fraction of sp³-hybridized carbons (Fsp3) is 0.804. The van der Waals surface area contributed by atoms with Crippen molar-refractivity contribution >= 4 is 17.9 Å². The Kier molecular flexibility index (Phi) is 28.7. The zero-order chi connectivity index (χ0) is 41.5. The summed E-state index contributed by atoms with van der Waals surface area (Å²) in [6.45, 7) is 3.36. The van der Waals surface area contributed by atoms with Crippen LogP contribution in [0.5, 0.6) is 0 Å². The fourth-order valence-corrected chi connectivity index (χ4v) is 7.85. The van der Waals surface area contributed by atoms with Crippen LogP contribution in [-0.4, -0.2) is 93.3 Å². The van der Waals surface area contributed by atoms with Gasteiger partial charge in [0.25, 0.3) is 0 Å². The van der Waals surface area contributed by atoms with E-state index in [1.54, 1.807) is 24.3 Å². The van der Waals surface area contributed by atoms with Crippen molar-refractivity contribution in [2.24, 2.45) is 5.73 Å². The summed E-state index contributed by atoms with van der Waals surface area (Å²) < 4.78 is 11.7. The number of ether oxygens (including phenoxy) is 2. The van der Waals surface area contributed by atoms with Crippen LogP contribution in [0.1, 0.15) is 186 Å². The molecule has 11 heteroatoms. The first-order valence-corrected chi connectivity index (χ1v) is 22.9. The molecule has 5 atom stereocenters. The molecule has 11 nitrogen and oxygen atoms in total. The summed E-state index contributed by atoms with van der Waals surface area (Å²) in [6, 6.07) is 7.43. The third kappa shape index (κ3) is 20.3. The van der Waals surface area contributed by atoms with Gasteiger partial charge in [0.2, 0.25) is 11.8 Å². The van der Waals surface area contributed by atoms with Crippen LogP contribution in [0, 0.1) is 0 Å². The normalized spacial score (nSPS) is 19.4. The average Bonchev–Trinajstić information content (AvgIpc) is 3.22. The Balaban J connectivity index is 2.08. The van der Waals surface area contributed by atoms with E-state index in [9.17, 15) is 29.7 Å². The Morgan fingerprint density at radius 3 is 1.56 bits per heavy atom. The molecule has 1 aliphatic heterocycles. The highest BCUT2D eigenvalue weighted by atomic mass is 16.6. The molecule has 5 N–H and O–H groups in total. The minimum Gasteiger partial charge on any atom is -0.444 e. The molecule has 0 aromatic heterocycles. The van der Waals surface area contributed by atoms with Gasteiger partial charge in [0, 0.05) is 13.0 Å². The average molecular weight is 804 g/mol. The Morgan fingerprint density at radius 2 is 1.11 bits per heavy atom. The van der Waals surface area contributed by atoms with Crippen LogP contribution in [-0.2, 0) is 25.7 Å². The number of imide groups is 1. The minimum atomic E-state index is -1.74. The SMILES string of the molecule is CCCCCCCCCCCCCCCCCCN(C(=O)CCCCCCCCCCC)[C@@H]1O[C@H](CO)[C@@H](O)[C@H](O)[C@H]1N(C(=O)CN)C(=O)OCc1ccccc1. The maximum absolute atomic E-state index is 14.1. The molecular formula is C46H81N3O8.